The van der Waals surface area contributed by atoms with E-state index in [2.05, 4.69) is 49.1 Å². The van der Waals surface area contributed by atoms with E-state index in [9.17, 15) is 0 Å². The molecule has 3 atom stereocenters. The van der Waals surface area contributed by atoms with Crippen LogP contribution in [0.5, 0.6) is 0 Å². The van der Waals surface area contributed by atoms with Crippen LogP contribution in [0.25, 0.3) is 0 Å². The van der Waals surface area contributed by atoms with Crippen LogP contribution in [-0.4, -0.2) is 24.0 Å². The highest BCUT2D eigenvalue weighted by molar-refractivity contribution is 5.19. The molecule has 0 aliphatic carbocycles. The van der Waals surface area contributed by atoms with Crippen molar-refractivity contribution in [3.05, 3.63) is 35.9 Å². The molecule has 1 aliphatic heterocycles. The maximum Gasteiger partial charge on any atom is 0.0450 e. The maximum atomic E-state index is 6.45. The molecule has 19 heavy (non-hydrogen) atoms. The Morgan fingerprint density at radius 2 is 1.95 bits per heavy atom. The molecule has 2 N–H and O–H groups in total. The summed E-state index contributed by atoms with van der Waals surface area (Å²) in [7, 11) is 0. The Morgan fingerprint density at radius 3 is 2.63 bits per heavy atom. The third-order valence-electron chi connectivity index (χ3n) is 4.74. The molecule has 0 saturated carbocycles. The lowest BCUT2D eigenvalue weighted by Gasteiger charge is -2.32. The smallest absolute Gasteiger partial charge is 0.0450 e. The maximum absolute atomic E-state index is 6.45. The van der Waals surface area contributed by atoms with E-state index in [0.717, 1.165) is 5.92 Å². The molecule has 1 saturated heterocycles. The van der Waals surface area contributed by atoms with Crippen LogP contribution in [0.3, 0.4) is 0 Å². The minimum atomic E-state index is 0.124. The highest BCUT2D eigenvalue weighted by atomic mass is 15.2. The van der Waals surface area contributed by atoms with Crippen LogP contribution >= 0.6 is 0 Å². The van der Waals surface area contributed by atoms with Crippen molar-refractivity contribution < 1.29 is 0 Å². The second-order valence-electron chi connectivity index (χ2n) is 5.92. The van der Waals surface area contributed by atoms with Crippen LogP contribution < -0.4 is 5.73 Å². The lowest BCUT2D eigenvalue weighted by Crippen LogP contribution is -2.41. The molecule has 0 spiro atoms. The van der Waals surface area contributed by atoms with E-state index in [1.165, 1.54) is 44.3 Å². The lowest BCUT2D eigenvalue weighted by molar-refractivity contribution is 0.188. The summed E-state index contributed by atoms with van der Waals surface area (Å²) < 4.78 is 0. The van der Waals surface area contributed by atoms with Crippen LogP contribution in [0.15, 0.2) is 30.3 Å². The van der Waals surface area contributed by atoms with Crippen molar-refractivity contribution in [1.82, 2.24) is 4.90 Å². The zero-order chi connectivity index (χ0) is 13.7. The molecule has 2 heteroatoms. The van der Waals surface area contributed by atoms with Crippen molar-refractivity contribution in [2.75, 3.05) is 13.1 Å². The van der Waals surface area contributed by atoms with Crippen LogP contribution in [0, 0.1) is 5.92 Å². The van der Waals surface area contributed by atoms with Gasteiger partial charge in [0.1, 0.15) is 0 Å². The minimum Gasteiger partial charge on any atom is -0.323 e. The molecule has 0 amide bonds. The van der Waals surface area contributed by atoms with Gasteiger partial charge in [-0.25, -0.2) is 0 Å². The second-order valence-corrected chi connectivity index (χ2v) is 5.92. The molecule has 1 heterocycles. The summed E-state index contributed by atoms with van der Waals surface area (Å²) in [4.78, 5) is 2.59. The van der Waals surface area contributed by atoms with Gasteiger partial charge in [-0.05, 0) is 50.8 Å². The summed E-state index contributed by atoms with van der Waals surface area (Å²) >= 11 is 0. The average molecular weight is 260 g/mol. The molecule has 2 rings (SSSR count). The van der Waals surface area contributed by atoms with Gasteiger partial charge < -0.3 is 5.73 Å². The van der Waals surface area contributed by atoms with Gasteiger partial charge in [-0.3, -0.25) is 4.90 Å². The third kappa shape index (κ3) is 3.80. The Labute approximate surface area is 118 Å². The first kappa shape index (κ1) is 14.5. The number of nitrogens with zero attached hydrogens (tertiary/aromatic N) is 1. The molecule has 1 aromatic rings. The van der Waals surface area contributed by atoms with Gasteiger partial charge in [0, 0.05) is 12.1 Å². The van der Waals surface area contributed by atoms with Crippen molar-refractivity contribution in [2.24, 2.45) is 11.7 Å². The Balaban J connectivity index is 1.97. The Bertz CT molecular complexity index is 363. The number of nitrogens with two attached hydrogens (primary N) is 1. The first-order valence-electron chi connectivity index (χ1n) is 7.77. The van der Waals surface area contributed by atoms with Gasteiger partial charge in [-0.15, -0.1) is 0 Å². The summed E-state index contributed by atoms with van der Waals surface area (Å²) in [5.74, 6) is 0.921. The van der Waals surface area contributed by atoms with Gasteiger partial charge >= 0.3 is 0 Å². The lowest BCUT2D eigenvalue weighted by atomic mass is 9.98. The normalized spacial score (nSPS) is 24.7. The van der Waals surface area contributed by atoms with Crippen molar-refractivity contribution in [1.29, 1.82) is 0 Å². The second kappa shape index (κ2) is 7.06. The monoisotopic (exact) mass is 260 g/mol. The van der Waals surface area contributed by atoms with E-state index >= 15 is 0 Å². The predicted molar refractivity (Wildman–Crippen MR) is 82.0 cm³/mol. The molecule has 2 nitrogen and oxygen atoms in total. The summed E-state index contributed by atoms with van der Waals surface area (Å²) in [6.45, 7) is 7.02. The fraction of sp³-hybridized carbons (Fsp3) is 0.647. The number of hydrogen-bond acceptors (Lipinski definition) is 2. The SMILES string of the molecule is CCC1CCCN(C(C)C(N)c2ccccc2)CC1. The van der Waals surface area contributed by atoms with Gasteiger partial charge in [0.2, 0.25) is 0 Å². The summed E-state index contributed by atoms with van der Waals surface area (Å²) in [6.07, 6.45) is 5.37. The number of likely N-dealkylation sites (tertiary alicyclic amines) is 1. The van der Waals surface area contributed by atoms with E-state index in [0.29, 0.717) is 6.04 Å². The van der Waals surface area contributed by atoms with Crippen LogP contribution in [0.4, 0.5) is 0 Å². The highest BCUT2D eigenvalue weighted by Gasteiger charge is 2.24. The van der Waals surface area contributed by atoms with Gasteiger partial charge in [0.05, 0.1) is 0 Å². The highest BCUT2D eigenvalue weighted by Crippen LogP contribution is 2.25. The fourth-order valence-electron chi connectivity index (χ4n) is 3.18. The van der Waals surface area contributed by atoms with E-state index in [1.54, 1.807) is 0 Å². The largest absolute Gasteiger partial charge is 0.323 e. The fourth-order valence-corrected chi connectivity index (χ4v) is 3.18. The first-order valence-corrected chi connectivity index (χ1v) is 7.77. The van der Waals surface area contributed by atoms with Crippen molar-refractivity contribution >= 4 is 0 Å². The van der Waals surface area contributed by atoms with Crippen LogP contribution in [0.1, 0.15) is 51.1 Å². The zero-order valence-electron chi connectivity index (χ0n) is 12.4. The van der Waals surface area contributed by atoms with Crippen LogP contribution in [-0.2, 0) is 0 Å². The van der Waals surface area contributed by atoms with E-state index in [4.69, 9.17) is 5.73 Å². The summed E-state index contributed by atoms with van der Waals surface area (Å²) in [5, 5.41) is 0. The van der Waals surface area contributed by atoms with Gasteiger partial charge in [0.25, 0.3) is 0 Å². The third-order valence-corrected chi connectivity index (χ3v) is 4.74. The minimum absolute atomic E-state index is 0.124. The molecule has 0 radical (unpaired) electrons. The molecule has 1 aromatic carbocycles. The Hall–Kier alpha value is -0.860. The molecule has 1 fully saturated rings. The average Bonchev–Trinajstić information content (AvgIpc) is 2.72. The Kier molecular flexibility index (Phi) is 5.41. The van der Waals surface area contributed by atoms with Gasteiger partial charge in [0.15, 0.2) is 0 Å². The van der Waals surface area contributed by atoms with Crippen molar-refractivity contribution in [2.45, 2.75) is 51.6 Å². The van der Waals surface area contributed by atoms with Crippen molar-refractivity contribution in [3.63, 3.8) is 0 Å². The molecule has 0 aromatic heterocycles. The number of rotatable bonds is 4. The van der Waals surface area contributed by atoms with E-state index in [-0.39, 0.29) is 6.04 Å². The molecule has 0 bridgehead atoms. The molecule has 106 valence electrons. The zero-order valence-corrected chi connectivity index (χ0v) is 12.4. The molecular weight excluding hydrogens is 232 g/mol. The summed E-state index contributed by atoms with van der Waals surface area (Å²) in [5.41, 5.74) is 7.70. The first-order chi connectivity index (χ1) is 9.22. The standard InChI is InChI=1S/C17H28N2/c1-3-15-8-7-12-19(13-11-15)14(2)17(18)16-9-5-4-6-10-16/h4-6,9-10,14-15,17H,3,7-8,11-13,18H2,1-2H3. The van der Waals surface area contributed by atoms with Crippen molar-refractivity contribution in [3.8, 4) is 0 Å². The Morgan fingerprint density at radius 1 is 1.21 bits per heavy atom. The van der Waals surface area contributed by atoms with Gasteiger partial charge in [-0.1, -0.05) is 43.7 Å². The van der Waals surface area contributed by atoms with Gasteiger partial charge in [-0.2, -0.15) is 0 Å². The number of hydrogen-bond donors (Lipinski definition) is 1. The number of benzene rings is 1. The quantitative estimate of drug-likeness (QED) is 0.896. The van der Waals surface area contributed by atoms with E-state index < -0.39 is 0 Å². The topological polar surface area (TPSA) is 29.3 Å². The molecule has 3 unspecified atom stereocenters. The molecular formula is C17H28N2. The molecule has 1 aliphatic rings. The predicted octanol–water partition coefficient (Wildman–Crippen LogP) is 3.59. The summed E-state index contributed by atoms with van der Waals surface area (Å²) in [6, 6.07) is 11.1. The van der Waals surface area contributed by atoms with E-state index in [1.807, 2.05) is 0 Å². The van der Waals surface area contributed by atoms with Crippen LogP contribution in [0.2, 0.25) is 0 Å².